The molecular weight excluding hydrogens is 675 g/mol. The largest absolute Gasteiger partial charge is 0.472 e. The first-order valence-corrected chi connectivity index (χ1v) is 20.2. The summed E-state index contributed by atoms with van der Waals surface area (Å²) in [5.74, 6) is -0.275. The van der Waals surface area contributed by atoms with Crippen molar-refractivity contribution in [2.24, 2.45) is 5.92 Å². The summed E-state index contributed by atoms with van der Waals surface area (Å²) >= 11 is 0. The van der Waals surface area contributed by atoms with Crippen LogP contribution in [0, 0.1) is 5.92 Å². The minimum atomic E-state index is -4.63. The van der Waals surface area contributed by atoms with E-state index in [9.17, 15) is 29.3 Å². The zero-order chi connectivity index (χ0) is 38.0. The number of carbonyl (C=O) groups is 2. The molecule has 0 amide bonds. The van der Waals surface area contributed by atoms with E-state index in [1.807, 2.05) is 49.5 Å². The highest BCUT2D eigenvalue weighted by atomic mass is 31.2. The van der Waals surface area contributed by atoms with Crippen LogP contribution in [-0.4, -0.2) is 76.9 Å². The number of aliphatic hydroxyl groups excluding tert-OH is 3. The molecule has 51 heavy (non-hydrogen) atoms. The second-order valence-electron chi connectivity index (χ2n) is 12.7. The molecule has 294 valence electrons. The van der Waals surface area contributed by atoms with Crippen LogP contribution >= 0.6 is 7.82 Å². The summed E-state index contributed by atoms with van der Waals surface area (Å²) in [6, 6.07) is 0. The van der Waals surface area contributed by atoms with Crippen LogP contribution in [0.15, 0.2) is 60.8 Å². The van der Waals surface area contributed by atoms with Gasteiger partial charge < -0.3 is 29.7 Å². The number of rotatable bonds is 33. The molecule has 3 unspecified atom stereocenters. The Bertz CT molecular complexity index is 1070. The van der Waals surface area contributed by atoms with Gasteiger partial charge >= 0.3 is 19.8 Å². The molecule has 0 aromatic heterocycles. The summed E-state index contributed by atoms with van der Waals surface area (Å²) in [5.41, 5.74) is 0. The zero-order valence-electron chi connectivity index (χ0n) is 31.3. The summed E-state index contributed by atoms with van der Waals surface area (Å²) in [6.07, 6.45) is 29.9. The Balaban J connectivity index is 4.51. The van der Waals surface area contributed by atoms with Crippen molar-refractivity contribution >= 4 is 19.8 Å². The second kappa shape index (κ2) is 33.5. The Morgan fingerprint density at radius 2 is 1.37 bits per heavy atom. The van der Waals surface area contributed by atoms with E-state index in [4.69, 9.17) is 19.1 Å². The van der Waals surface area contributed by atoms with E-state index in [2.05, 4.69) is 30.5 Å². The number of aliphatic hydroxyl groups is 3. The van der Waals surface area contributed by atoms with Crippen LogP contribution in [0.5, 0.6) is 0 Å². The minimum absolute atomic E-state index is 0.143. The molecule has 11 nitrogen and oxygen atoms in total. The number of allylic oxidation sites excluding steroid dienone is 8. The van der Waals surface area contributed by atoms with Crippen LogP contribution in [0.25, 0.3) is 0 Å². The van der Waals surface area contributed by atoms with Crippen molar-refractivity contribution in [1.82, 2.24) is 0 Å². The molecule has 0 aromatic rings. The number of phosphoric acid groups is 1. The standard InChI is InChI=1S/C39H67O11P/c1-4-6-26-35(41)27-22-18-13-11-9-7-8-10-12-14-19-23-28-38(43)47-32-37(33-49-51(45,46)48-31-36(42)30-40)50-39(44)29-24-20-16-15-17-21-25-34(3)5-2/h6-8,11-14,18,22,26,34-37,40-42H,4-5,9-10,15-17,19-21,23-25,27-33H2,1-3H3,(H,45,46)/b8-7-,13-11-,14-12-,22-18+,26-6-/t34?,35?,36-,37+/m0/s1. The lowest BCUT2D eigenvalue weighted by Gasteiger charge is -2.20. The smallest absolute Gasteiger partial charge is 0.462 e. The van der Waals surface area contributed by atoms with Crippen molar-refractivity contribution < 1.29 is 52.9 Å². The molecule has 0 aromatic carbocycles. The van der Waals surface area contributed by atoms with Gasteiger partial charge in [0, 0.05) is 12.8 Å². The fraction of sp³-hybridized carbons (Fsp3) is 0.692. The van der Waals surface area contributed by atoms with Crippen LogP contribution in [0.3, 0.4) is 0 Å². The number of esters is 2. The first-order chi connectivity index (χ1) is 24.5. The Kier molecular flexibility index (Phi) is 31.9. The zero-order valence-corrected chi connectivity index (χ0v) is 32.2. The van der Waals surface area contributed by atoms with E-state index in [0.29, 0.717) is 25.7 Å². The van der Waals surface area contributed by atoms with E-state index in [1.54, 1.807) is 6.08 Å². The van der Waals surface area contributed by atoms with Crippen molar-refractivity contribution in [3.05, 3.63) is 60.8 Å². The lowest BCUT2D eigenvalue weighted by Crippen LogP contribution is -2.29. The van der Waals surface area contributed by atoms with Gasteiger partial charge in [-0.25, -0.2) is 4.57 Å². The molecule has 0 radical (unpaired) electrons. The quantitative estimate of drug-likeness (QED) is 0.0169. The summed E-state index contributed by atoms with van der Waals surface area (Å²) in [6.45, 7) is 4.28. The average molecular weight is 743 g/mol. The molecule has 0 bridgehead atoms. The third kappa shape index (κ3) is 33.2. The number of carbonyl (C=O) groups excluding carboxylic acids is 2. The predicted molar refractivity (Wildman–Crippen MR) is 202 cm³/mol. The number of unbranched alkanes of at least 4 members (excludes halogenated alkanes) is 6. The summed E-state index contributed by atoms with van der Waals surface area (Å²) in [5, 5.41) is 28.0. The Morgan fingerprint density at radius 1 is 0.745 bits per heavy atom. The van der Waals surface area contributed by atoms with Crippen LogP contribution in [0.4, 0.5) is 0 Å². The second-order valence-corrected chi connectivity index (χ2v) is 14.1. The Labute approximate surface area is 307 Å². The molecule has 0 aliphatic carbocycles. The fourth-order valence-corrected chi connectivity index (χ4v) is 5.28. The molecule has 4 N–H and O–H groups in total. The molecule has 0 heterocycles. The minimum Gasteiger partial charge on any atom is -0.462 e. The van der Waals surface area contributed by atoms with Gasteiger partial charge in [-0.3, -0.25) is 18.6 Å². The molecule has 0 saturated carbocycles. The lowest BCUT2D eigenvalue weighted by atomic mass is 10.00. The van der Waals surface area contributed by atoms with Gasteiger partial charge in [-0.05, 0) is 50.9 Å². The number of hydrogen-bond acceptors (Lipinski definition) is 10. The third-order valence-electron chi connectivity index (χ3n) is 7.80. The molecule has 0 spiro atoms. The fourth-order valence-electron chi connectivity index (χ4n) is 4.49. The monoisotopic (exact) mass is 742 g/mol. The highest BCUT2D eigenvalue weighted by Gasteiger charge is 2.27. The van der Waals surface area contributed by atoms with Crippen LogP contribution < -0.4 is 0 Å². The number of phosphoric ester groups is 1. The van der Waals surface area contributed by atoms with Crippen molar-refractivity contribution in [3.8, 4) is 0 Å². The SMILES string of the molecule is CC/C=C\C(O)C/C=C/C=C\C/C=C\C/C=C\CCCC(=O)OC[C@H](COP(=O)(O)OC[C@@H](O)CO)OC(=O)CCCCCCCCC(C)CC. The number of hydrogen-bond donors (Lipinski definition) is 4. The maximum atomic E-state index is 12.5. The molecule has 5 atom stereocenters. The highest BCUT2D eigenvalue weighted by molar-refractivity contribution is 7.47. The Hall–Kier alpha value is -2.37. The maximum Gasteiger partial charge on any atom is 0.472 e. The Morgan fingerprint density at radius 3 is 2.08 bits per heavy atom. The molecule has 0 aliphatic rings. The lowest BCUT2D eigenvalue weighted by molar-refractivity contribution is -0.161. The van der Waals surface area contributed by atoms with Crippen LogP contribution in [0.1, 0.15) is 124 Å². The molecule has 12 heteroatoms. The van der Waals surface area contributed by atoms with E-state index in [0.717, 1.165) is 44.4 Å². The molecule has 0 rings (SSSR count). The van der Waals surface area contributed by atoms with E-state index < -0.39 is 57.9 Å². The molecule has 0 fully saturated rings. The topological polar surface area (TPSA) is 169 Å². The first kappa shape index (κ1) is 48.6. The van der Waals surface area contributed by atoms with Crippen LogP contribution in [0.2, 0.25) is 0 Å². The van der Waals surface area contributed by atoms with Crippen molar-refractivity contribution in [2.45, 2.75) is 142 Å². The van der Waals surface area contributed by atoms with E-state index >= 15 is 0 Å². The molecule has 0 aliphatic heterocycles. The van der Waals surface area contributed by atoms with Gasteiger partial charge in [-0.15, -0.1) is 0 Å². The van der Waals surface area contributed by atoms with Gasteiger partial charge in [0.15, 0.2) is 6.10 Å². The van der Waals surface area contributed by atoms with Gasteiger partial charge in [0.1, 0.15) is 12.7 Å². The maximum absolute atomic E-state index is 12.5. The molecule has 0 saturated heterocycles. The average Bonchev–Trinajstić information content (AvgIpc) is 3.11. The van der Waals surface area contributed by atoms with Gasteiger partial charge in [0.25, 0.3) is 0 Å². The van der Waals surface area contributed by atoms with Gasteiger partial charge in [-0.2, -0.15) is 0 Å². The summed E-state index contributed by atoms with van der Waals surface area (Å²) in [7, 11) is -4.63. The van der Waals surface area contributed by atoms with Gasteiger partial charge in [0.05, 0.1) is 25.9 Å². The van der Waals surface area contributed by atoms with Gasteiger partial charge in [0.2, 0.25) is 0 Å². The van der Waals surface area contributed by atoms with E-state index in [1.165, 1.54) is 25.7 Å². The normalized spacial score (nSPS) is 16.0. The molecular formula is C39H67O11P. The summed E-state index contributed by atoms with van der Waals surface area (Å²) in [4.78, 5) is 34.7. The summed E-state index contributed by atoms with van der Waals surface area (Å²) < 4.78 is 32.4. The first-order valence-electron chi connectivity index (χ1n) is 18.7. The van der Waals surface area contributed by atoms with E-state index in [-0.39, 0.29) is 19.4 Å². The number of ether oxygens (including phenoxy) is 2. The predicted octanol–water partition coefficient (Wildman–Crippen LogP) is 7.99. The highest BCUT2D eigenvalue weighted by Crippen LogP contribution is 2.43. The van der Waals surface area contributed by atoms with Crippen molar-refractivity contribution in [2.75, 3.05) is 26.4 Å². The van der Waals surface area contributed by atoms with Gasteiger partial charge in [-0.1, -0.05) is 126 Å². The third-order valence-corrected chi connectivity index (χ3v) is 8.75. The van der Waals surface area contributed by atoms with Crippen LogP contribution in [-0.2, 0) is 32.7 Å². The van der Waals surface area contributed by atoms with Crippen molar-refractivity contribution in [1.29, 1.82) is 0 Å². The van der Waals surface area contributed by atoms with Crippen molar-refractivity contribution in [3.63, 3.8) is 0 Å².